The van der Waals surface area contributed by atoms with Gasteiger partial charge in [0, 0.05) is 0 Å². The Morgan fingerprint density at radius 3 is 2.90 bits per heavy atom. The summed E-state index contributed by atoms with van der Waals surface area (Å²) in [6.45, 7) is 2.53. The third-order valence-electron chi connectivity index (χ3n) is 0.897. The van der Waals surface area contributed by atoms with E-state index in [2.05, 4.69) is 5.32 Å². The molecule has 0 heterocycles. The maximum Gasteiger partial charge on any atom is 0.320 e. The van der Waals surface area contributed by atoms with Gasteiger partial charge in [0.05, 0.1) is 6.54 Å². The number of carbonyl (C=O) groups is 1. The largest absolute Gasteiger partial charge is 0.461 e. The lowest BCUT2D eigenvalue weighted by molar-refractivity contribution is -0.141. The zero-order chi connectivity index (χ0) is 7.82. The Labute approximate surface area is 61.1 Å². The molecule has 0 aromatic rings. The minimum atomic E-state index is -0.222. The summed E-state index contributed by atoms with van der Waals surface area (Å²) in [5.41, 5.74) is 0. The normalized spacial score (nSPS) is 10.2. The van der Waals surface area contributed by atoms with Gasteiger partial charge in [-0.3, -0.25) is 4.79 Å². The van der Waals surface area contributed by atoms with Crippen molar-refractivity contribution in [3.8, 4) is 0 Å². The second kappa shape index (κ2) is 6.29. The summed E-state index contributed by atoms with van der Waals surface area (Å²) < 4.78 is 4.73. The molecule has 0 saturated heterocycles. The molecule has 3 nitrogen and oxygen atoms in total. The highest BCUT2D eigenvalue weighted by Gasteiger charge is 1.95. The molecule has 0 spiro atoms. The number of esters is 1. The summed E-state index contributed by atoms with van der Waals surface area (Å²) in [5.74, 6) is -0.222. The maximum atomic E-state index is 10.6. The molecule has 3 heteroatoms. The van der Waals surface area contributed by atoms with Crippen LogP contribution in [0.1, 0.15) is 6.92 Å². The van der Waals surface area contributed by atoms with Crippen LogP contribution in [0.4, 0.5) is 0 Å². The molecule has 0 radical (unpaired) electrons. The lowest BCUT2D eigenvalue weighted by Crippen LogP contribution is -2.20. The van der Waals surface area contributed by atoms with Crippen molar-refractivity contribution in [2.45, 2.75) is 6.92 Å². The molecular formula is C7H13NO2. The second-order valence-corrected chi connectivity index (χ2v) is 1.78. The van der Waals surface area contributed by atoms with Gasteiger partial charge in [0.1, 0.15) is 6.61 Å². The number of hydrogen-bond acceptors (Lipinski definition) is 3. The number of hydrogen-bond donors (Lipinski definition) is 1. The van der Waals surface area contributed by atoms with Crippen LogP contribution in [-0.2, 0) is 9.53 Å². The fraction of sp³-hybridized carbons (Fsp3) is 0.571. The standard InChI is InChI=1S/C7H13NO2/c1-3-4-5-10-7(9)6-8-2/h3-4,8H,5-6H2,1-2H3/b4-3-. The maximum absolute atomic E-state index is 10.6. The second-order valence-electron chi connectivity index (χ2n) is 1.78. The van der Waals surface area contributed by atoms with Crippen LogP contribution in [0.15, 0.2) is 12.2 Å². The average molecular weight is 143 g/mol. The van der Waals surface area contributed by atoms with Crippen molar-refractivity contribution in [3.63, 3.8) is 0 Å². The first-order valence-electron chi connectivity index (χ1n) is 3.22. The molecule has 0 atom stereocenters. The van der Waals surface area contributed by atoms with Crippen LogP contribution in [-0.4, -0.2) is 26.2 Å². The summed E-state index contributed by atoms with van der Waals surface area (Å²) in [6.07, 6.45) is 3.63. The molecule has 0 unspecified atom stereocenters. The number of likely N-dealkylation sites (N-methyl/N-ethyl adjacent to an activating group) is 1. The van der Waals surface area contributed by atoms with Crippen molar-refractivity contribution in [1.29, 1.82) is 0 Å². The van der Waals surface area contributed by atoms with Crippen molar-refractivity contribution in [2.24, 2.45) is 0 Å². The van der Waals surface area contributed by atoms with Gasteiger partial charge in [-0.25, -0.2) is 0 Å². The molecule has 58 valence electrons. The highest BCUT2D eigenvalue weighted by molar-refractivity contribution is 5.71. The van der Waals surface area contributed by atoms with E-state index in [1.165, 1.54) is 0 Å². The fourth-order valence-electron chi connectivity index (χ4n) is 0.433. The van der Waals surface area contributed by atoms with E-state index in [4.69, 9.17) is 4.74 Å². The fourth-order valence-corrected chi connectivity index (χ4v) is 0.433. The molecule has 10 heavy (non-hydrogen) atoms. The van der Waals surface area contributed by atoms with Gasteiger partial charge in [-0.05, 0) is 14.0 Å². The molecule has 1 N–H and O–H groups in total. The molecule has 0 amide bonds. The summed E-state index contributed by atoms with van der Waals surface area (Å²) in [4.78, 5) is 10.6. The molecule has 0 rings (SSSR count). The Kier molecular flexibility index (Phi) is 5.77. The van der Waals surface area contributed by atoms with E-state index < -0.39 is 0 Å². The Bertz CT molecular complexity index is 121. The Morgan fingerprint density at radius 1 is 1.70 bits per heavy atom. The van der Waals surface area contributed by atoms with E-state index in [9.17, 15) is 4.79 Å². The monoisotopic (exact) mass is 143 g/mol. The number of allylic oxidation sites excluding steroid dienone is 1. The third kappa shape index (κ3) is 5.31. The topological polar surface area (TPSA) is 38.3 Å². The van der Waals surface area contributed by atoms with Gasteiger partial charge in [0.25, 0.3) is 0 Å². The number of carbonyl (C=O) groups excluding carboxylic acids is 1. The van der Waals surface area contributed by atoms with Gasteiger partial charge < -0.3 is 10.1 Å². The van der Waals surface area contributed by atoms with Gasteiger partial charge >= 0.3 is 5.97 Å². The minimum Gasteiger partial charge on any atom is -0.461 e. The highest BCUT2D eigenvalue weighted by Crippen LogP contribution is 1.77. The zero-order valence-corrected chi connectivity index (χ0v) is 6.39. The van der Waals surface area contributed by atoms with Crippen molar-refractivity contribution in [1.82, 2.24) is 5.32 Å². The summed E-state index contributed by atoms with van der Waals surface area (Å²) in [6, 6.07) is 0. The lowest BCUT2D eigenvalue weighted by atomic mass is 10.5. The molecule has 0 saturated carbocycles. The summed E-state index contributed by atoms with van der Waals surface area (Å²) >= 11 is 0. The van der Waals surface area contributed by atoms with E-state index in [1.54, 1.807) is 13.1 Å². The van der Waals surface area contributed by atoms with Crippen LogP contribution >= 0.6 is 0 Å². The first kappa shape index (κ1) is 9.17. The van der Waals surface area contributed by atoms with Crippen LogP contribution in [0.3, 0.4) is 0 Å². The van der Waals surface area contributed by atoms with Crippen LogP contribution in [0.25, 0.3) is 0 Å². The quantitative estimate of drug-likeness (QED) is 0.455. The number of rotatable bonds is 4. The first-order valence-corrected chi connectivity index (χ1v) is 3.22. The summed E-state index contributed by atoms with van der Waals surface area (Å²) in [5, 5.41) is 2.70. The minimum absolute atomic E-state index is 0.222. The Hall–Kier alpha value is -0.830. The van der Waals surface area contributed by atoms with E-state index in [1.807, 2.05) is 13.0 Å². The van der Waals surface area contributed by atoms with Gasteiger partial charge in [-0.1, -0.05) is 12.2 Å². The van der Waals surface area contributed by atoms with Crippen molar-refractivity contribution in [2.75, 3.05) is 20.2 Å². The van der Waals surface area contributed by atoms with E-state index in [0.717, 1.165) is 0 Å². The predicted molar refractivity (Wildman–Crippen MR) is 39.7 cm³/mol. The van der Waals surface area contributed by atoms with Crippen molar-refractivity contribution in [3.05, 3.63) is 12.2 Å². The molecule has 0 aromatic carbocycles. The first-order chi connectivity index (χ1) is 4.81. The number of nitrogens with one attached hydrogen (secondary N) is 1. The van der Waals surface area contributed by atoms with E-state index >= 15 is 0 Å². The molecule has 0 aliphatic heterocycles. The molecular weight excluding hydrogens is 130 g/mol. The van der Waals surface area contributed by atoms with E-state index in [0.29, 0.717) is 6.61 Å². The molecule has 0 aliphatic rings. The molecule has 0 bridgehead atoms. The number of ether oxygens (including phenoxy) is 1. The highest BCUT2D eigenvalue weighted by atomic mass is 16.5. The Balaban J connectivity index is 3.21. The van der Waals surface area contributed by atoms with Crippen molar-refractivity contribution >= 4 is 5.97 Å². The smallest absolute Gasteiger partial charge is 0.320 e. The average Bonchev–Trinajstić information content (AvgIpc) is 1.89. The molecule has 0 aromatic heterocycles. The van der Waals surface area contributed by atoms with Gasteiger partial charge in [0.2, 0.25) is 0 Å². The Morgan fingerprint density at radius 2 is 2.40 bits per heavy atom. The van der Waals surface area contributed by atoms with Gasteiger partial charge in [-0.2, -0.15) is 0 Å². The third-order valence-corrected chi connectivity index (χ3v) is 0.897. The SMILES string of the molecule is C/C=C\COC(=O)CNC. The molecule has 0 aliphatic carbocycles. The van der Waals surface area contributed by atoms with Gasteiger partial charge in [-0.15, -0.1) is 0 Å². The lowest BCUT2D eigenvalue weighted by Gasteiger charge is -1.98. The van der Waals surface area contributed by atoms with Crippen LogP contribution in [0.5, 0.6) is 0 Å². The summed E-state index contributed by atoms with van der Waals surface area (Å²) in [7, 11) is 1.71. The zero-order valence-electron chi connectivity index (χ0n) is 6.39. The van der Waals surface area contributed by atoms with E-state index in [-0.39, 0.29) is 12.5 Å². The molecule has 0 fully saturated rings. The van der Waals surface area contributed by atoms with Crippen LogP contribution < -0.4 is 5.32 Å². The van der Waals surface area contributed by atoms with Crippen molar-refractivity contribution < 1.29 is 9.53 Å². The van der Waals surface area contributed by atoms with Crippen LogP contribution in [0, 0.1) is 0 Å². The van der Waals surface area contributed by atoms with Gasteiger partial charge in [0.15, 0.2) is 0 Å². The predicted octanol–water partition coefficient (Wildman–Crippen LogP) is 0.325. The van der Waals surface area contributed by atoms with Crippen LogP contribution in [0.2, 0.25) is 0 Å².